The van der Waals surface area contributed by atoms with E-state index in [1.807, 2.05) is 31.2 Å². The fraction of sp³-hybridized carbons (Fsp3) is 0.462. The molecule has 33 heavy (non-hydrogen) atoms. The zero-order valence-electron chi connectivity index (χ0n) is 19.4. The average Bonchev–Trinajstić information content (AvgIpc) is 2.84. The molecule has 0 aromatic heterocycles. The summed E-state index contributed by atoms with van der Waals surface area (Å²) in [6.45, 7) is 1.74. The SMILES string of the molecule is CCC(C(=O)NC1CCCCC1)N(Cc1cccc(OC)c1)C(=O)COc1ccccc1F. The molecule has 1 aliphatic rings. The first-order valence-corrected chi connectivity index (χ1v) is 11.6. The zero-order valence-corrected chi connectivity index (χ0v) is 19.4. The molecule has 0 saturated heterocycles. The minimum absolute atomic E-state index is 0.00638. The van der Waals surface area contributed by atoms with Crippen molar-refractivity contribution in [1.82, 2.24) is 10.2 Å². The van der Waals surface area contributed by atoms with Crippen LogP contribution in [-0.2, 0) is 16.1 Å². The van der Waals surface area contributed by atoms with Crippen molar-refractivity contribution in [3.8, 4) is 11.5 Å². The molecule has 1 aliphatic carbocycles. The molecule has 1 fully saturated rings. The molecule has 0 spiro atoms. The first kappa shape index (κ1) is 24.6. The van der Waals surface area contributed by atoms with Crippen LogP contribution in [0.25, 0.3) is 0 Å². The number of nitrogens with one attached hydrogen (secondary N) is 1. The van der Waals surface area contributed by atoms with E-state index in [0.717, 1.165) is 31.2 Å². The Hall–Kier alpha value is -3.09. The predicted octanol–water partition coefficient (Wildman–Crippen LogP) is 4.47. The summed E-state index contributed by atoms with van der Waals surface area (Å²) in [6, 6.07) is 12.8. The number of rotatable bonds is 10. The van der Waals surface area contributed by atoms with Crippen LogP contribution in [0.3, 0.4) is 0 Å². The fourth-order valence-corrected chi connectivity index (χ4v) is 4.22. The highest BCUT2D eigenvalue weighted by molar-refractivity contribution is 5.88. The van der Waals surface area contributed by atoms with Crippen molar-refractivity contribution in [2.45, 2.75) is 64.1 Å². The predicted molar refractivity (Wildman–Crippen MR) is 125 cm³/mol. The second-order valence-electron chi connectivity index (χ2n) is 8.36. The van der Waals surface area contributed by atoms with Gasteiger partial charge in [0.1, 0.15) is 11.8 Å². The quantitative estimate of drug-likeness (QED) is 0.573. The Morgan fingerprint density at radius 1 is 1.12 bits per heavy atom. The first-order valence-electron chi connectivity index (χ1n) is 11.6. The summed E-state index contributed by atoms with van der Waals surface area (Å²) in [5.41, 5.74) is 0.831. The Balaban J connectivity index is 1.78. The van der Waals surface area contributed by atoms with Gasteiger partial charge in [-0.2, -0.15) is 0 Å². The van der Waals surface area contributed by atoms with Crippen molar-refractivity contribution in [3.05, 3.63) is 59.9 Å². The minimum Gasteiger partial charge on any atom is -0.497 e. The van der Waals surface area contributed by atoms with Gasteiger partial charge in [-0.25, -0.2) is 4.39 Å². The molecular formula is C26H33FN2O4. The van der Waals surface area contributed by atoms with Gasteiger partial charge in [-0.15, -0.1) is 0 Å². The lowest BCUT2D eigenvalue weighted by molar-refractivity contribution is -0.143. The van der Waals surface area contributed by atoms with Crippen molar-refractivity contribution < 1.29 is 23.5 Å². The van der Waals surface area contributed by atoms with Crippen molar-refractivity contribution in [3.63, 3.8) is 0 Å². The molecule has 1 N–H and O–H groups in total. The Morgan fingerprint density at radius 2 is 1.88 bits per heavy atom. The van der Waals surface area contributed by atoms with E-state index < -0.39 is 11.9 Å². The van der Waals surface area contributed by atoms with Gasteiger partial charge in [0, 0.05) is 12.6 Å². The van der Waals surface area contributed by atoms with Crippen molar-refractivity contribution in [1.29, 1.82) is 0 Å². The molecule has 0 bridgehead atoms. The molecule has 1 unspecified atom stereocenters. The van der Waals surface area contributed by atoms with Crippen LogP contribution in [0.1, 0.15) is 51.0 Å². The van der Waals surface area contributed by atoms with E-state index in [4.69, 9.17) is 9.47 Å². The molecule has 1 saturated carbocycles. The van der Waals surface area contributed by atoms with Gasteiger partial charge in [-0.1, -0.05) is 50.5 Å². The molecule has 2 aromatic rings. The van der Waals surface area contributed by atoms with Crippen molar-refractivity contribution in [2.24, 2.45) is 0 Å². The summed E-state index contributed by atoms with van der Waals surface area (Å²) in [7, 11) is 1.58. The Bertz CT molecular complexity index is 930. The van der Waals surface area contributed by atoms with E-state index in [0.29, 0.717) is 12.2 Å². The fourth-order valence-electron chi connectivity index (χ4n) is 4.22. The normalized spacial score (nSPS) is 14.9. The van der Waals surface area contributed by atoms with Crippen LogP contribution < -0.4 is 14.8 Å². The number of halogens is 1. The number of benzene rings is 2. The third-order valence-corrected chi connectivity index (χ3v) is 6.01. The van der Waals surface area contributed by atoms with Crippen LogP contribution >= 0.6 is 0 Å². The molecule has 1 atom stereocenters. The molecule has 0 aliphatic heterocycles. The smallest absolute Gasteiger partial charge is 0.261 e. The molecule has 178 valence electrons. The summed E-state index contributed by atoms with van der Waals surface area (Å²) in [4.78, 5) is 28.0. The van der Waals surface area contributed by atoms with Crippen LogP contribution in [0.5, 0.6) is 11.5 Å². The van der Waals surface area contributed by atoms with E-state index in [-0.39, 0.29) is 36.8 Å². The largest absolute Gasteiger partial charge is 0.497 e. The highest BCUT2D eigenvalue weighted by atomic mass is 19.1. The van der Waals surface area contributed by atoms with Gasteiger partial charge in [-0.05, 0) is 49.1 Å². The third-order valence-electron chi connectivity index (χ3n) is 6.01. The summed E-state index contributed by atoms with van der Waals surface area (Å²) >= 11 is 0. The summed E-state index contributed by atoms with van der Waals surface area (Å²) in [5.74, 6) is -0.404. The monoisotopic (exact) mass is 456 g/mol. The molecule has 6 nitrogen and oxygen atoms in total. The van der Waals surface area contributed by atoms with Crippen molar-refractivity contribution >= 4 is 11.8 Å². The zero-order chi connectivity index (χ0) is 23.6. The van der Waals surface area contributed by atoms with Gasteiger partial charge in [0.2, 0.25) is 5.91 Å². The van der Waals surface area contributed by atoms with Crippen molar-refractivity contribution in [2.75, 3.05) is 13.7 Å². The summed E-state index contributed by atoms with van der Waals surface area (Å²) in [6.07, 6.45) is 5.77. The number of nitrogens with zero attached hydrogens (tertiary/aromatic N) is 1. The number of hydrogen-bond acceptors (Lipinski definition) is 4. The second kappa shape index (κ2) is 12.2. The van der Waals surface area contributed by atoms with Gasteiger partial charge in [0.25, 0.3) is 5.91 Å². The Kier molecular flexibility index (Phi) is 9.10. The number of para-hydroxylation sites is 1. The number of carbonyl (C=O) groups is 2. The molecule has 0 radical (unpaired) electrons. The van der Waals surface area contributed by atoms with E-state index in [2.05, 4.69) is 5.32 Å². The van der Waals surface area contributed by atoms with E-state index in [1.54, 1.807) is 19.2 Å². The second-order valence-corrected chi connectivity index (χ2v) is 8.36. The minimum atomic E-state index is -0.658. The van der Waals surface area contributed by atoms with Gasteiger partial charge in [0.05, 0.1) is 7.11 Å². The maximum atomic E-state index is 14.0. The van der Waals surface area contributed by atoms with E-state index in [1.165, 1.54) is 23.5 Å². The van der Waals surface area contributed by atoms with E-state index in [9.17, 15) is 14.0 Å². The van der Waals surface area contributed by atoms with Crippen LogP contribution in [0.2, 0.25) is 0 Å². The molecular weight excluding hydrogens is 423 g/mol. The average molecular weight is 457 g/mol. The van der Waals surface area contributed by atoms with Crippen LogP contribution in [0.4, 0.5) is 4.39 Å². The first-order chi connectivity index (χ1) is 16.0. The van der Waals surface area contributed by atoms with Crippen LogP contribution in [-0.4, -0.2) is 42.5 Å². The molecule has 2 aromatic carbocycles. The highest BCUT2D eigenvalue weighted by Crippen LogP contribution is 2.21. The maximum absolute atomic E-state index is 14.0. The van der Waals surface area contributed by atoms with Gasteiger partial charge in [-0.3, -0.25) is 9.59 Å². The molecule has 3 rings (SSSR count). The lowest BCUT2D eigenvalue weighted by Gasteiger charge is -2.32. The number of amides is 2. The van der Waals surface area contributed by atoms with Crippen LogP contribution in [0.15, 0.2) is 48.5 Å². The maximum Gasteiger partial charge on any atom is 0.261 e. The number of methoxy groups -OCH3 is 1. The standard InChI is InChI=1S/C26H33FN2O4/c1-3-23(26(31)28-20-11-5-4-6-12-20)29(17-19-10-9-13-21(16-19)32-2)25(30)18-33-24-15-8-7-14-22(24)27/h7-10,13-16,20,23H,3-6,11-12,17-18H2,1-2H3,(H,28,31). The van der Waals surface area contributed by atoms with E-state index >= 15 is 0 Å². The topological polar surface area (TPSA) is 67.9 Å². The number of carbonyl (C=O) groups excluding carboxylic acids is 2. The molecule has 0 heterocycles. The van der Waals surface area contributed by atoms with Crippen LogP contribution in [0, 0.1) is 5.82 Å². The molecule has 7 heteroatoms. The Morgan fingerprint density at radius 3 is 2.58 bits per heavy atom. The van der Waals surface area contributed by atoms with Gasteiger partial charge < -0.3 is 19.7 Å². The lowest BCUT2D eigenvalue weighted by atomic mass is 9.95. The summed E-state index contributed by atoms with van der Waals surface area (Å²) < 4.78 is 24.7. The van der Waals surface area contributed by atoms with Gasteiger partial charge >= 0.3 is 0 Å². The Labute approximate surface area is 195 Å². The highest BCUT2D eigenvalue weighted by Gasteiger charge is 2.30. The summed E-state index contributed by atoms with van der Waals surface area (Å²) in [5, 5.41) is 3.14. The lowest BCUT2D eigenvalue weighted by Crippen LogP contribution is -2.52. The molecule has 2 amide bonds. The van der Waals surface area contributed by atoms with Gasteiger partial charge in [0.15, 0.2) is 18.2 Å². The number of hydrogen-bond donors (Lipinski definition) is 1. The number of ether oxygens (including phenoxy) is 2. The third kappa shape index (κ3) is 6.94.